The van der Waals surface area contributed by atoms with Gasteiger partial charge >= 0.3 is 0 Å². The standard InChI is InChI=1S/C24H25N3O3/c1-15-7-10-17(11-8-15)22(29)20-13-27(14-21(28)26-18-5-3-4-6-18)24-19(23(20)30)12-9-16(2)25-24/h7-13,18H,3-6,14H2,1-2H3,(H,26,28). The second kappa shape index (κ2) is 8.22. The summed E-state index contributed by atoms with van der Waals surface area (Å²) in [4.78, 5) is 43.3. The van der Waals surface area contributed by atoms with Crippen molar-refractivity contribution in [2.45, 2.75) is 52.1 Å². The van der Waals surface area contributed by atoms with Crippen molar-refractivity contribution >= 4 is 22.7 Å². The quantitative estimate of drug-likeness (QED) is 0.663. The van der Waals surface area contributed by atoms with Crippen molar-refractivity contribution in [3.8, 4) is 0 Å². The third kappa shape index (κ3) is 4.03. The highest BCUT2D eigenvalue weighted by molar-refractivity contribution is 6.10. The van der Waals surface area contributed by atoms with E-state index in [0.29, 0.717) is 16.6 Å². The zero-order valence-corrected chi connectivity index (χ0v) is 17.3. The number of nitrogens with zero attached hydrogens (tertiary/aromatic N) is 2. The summed E-state index contributed by atoms with van der Waals surface area (Å²) < 4.78 is 1.62. The average molecular weight is 403 g/mol. The zero-order chi connectivity index (χ0) is 21.3. The highest BCUT2D eigenvalue weighted by Gasteiger charge is 2.21. The second-order valence-electron chi connectivity index (χ2n) is 8.07. The smallest absolute Gasteiger partial charge is 0.240 e. The molecule has 30 heavy (non-hydrogen) atoms. The summed E-state index contributed by atoms with van der Waals surface area (Å²) >= 11 is 0. The maximum atomic E-state index is 13.1. The Morgan fingerprint density at radius 3 is 2.47 bits per heavy atom. The normalized spacial score (nSPS) is 14.2. The maximum absolute atomic E-state index is 13.1. The lowest BCUT2D eigenvalue weighted by atomic mass is 10.0. The first-order chi connectivity index (χ1) is 14.4. The van der Waals surface area contributed by atoms with Gasteiger partial charge in [-0.1, -0.05) is 42.7 Å². The predicted molar refractivity (Wildman–Crippen MR) is 116 cm³/mol. The van der Waals surface area contributed by atoms with Crippen LogP contribution in [-0.2, 0) is 11.3 Å². The van der Waals surface area contributed by atoms with Crippen LogP contribution in [0.25, 0.3) is 11.0 Å². The van der Waals surface area contributed by atoms with Crippen molar-refractivity contribution in [2.75, 3.05) is 0 Å². The van der Waals surface area contributed by atoms with Crippen LogP contribution in [0, 0.1) is 13.8 Å². The van der Waals surface area contributed by atoms with E-state index in [-0.39, 0.29) is 35.3 Å². The molecule has 0 unspecified atom stereocenters. The third-order valence-corrected chi connectivity index (χ3v) is 5.65. The lowest BCUT2D eigenvalue weighted by Gasteiger charge is -2.15. The van der Waals surface area contributed by atoms with E-state index < -0.39 is 0 Å². The van der Waals surface area contributed by atoms with Crippen molar-refractivity contribution in [3.63, 3.8) is 0 Å². The largest absolute Gasteiger partial charge is 0.352 e. The number of ketones is 1. The molecule has 2 aromatic heterocycles. The predicted octanol–water partition coefficient (Wildman–Crippen LogP) is 3.30. The van der Waals surface area contributed by atoms with E-state index in [4.69, 9.17) is 0 Å². The van der Waals surface area contributed by atoms with Crippen molar-refractivity contribution in [1.29, 1.82) is 0 Å². The minimum atomic E-state index is -0.365. The van der Waals surface area contributed by atoms with E-state index in [0.717, 1.165) is 36.9 Å². The number of hydrogen-bond donors (Lipinski definition) is 1. The lowest BCUT2D eigenvalue weighted by molar-refractivity contribution is -0.122. The van der Waals surface area contributed by atoms with Gasteiger partial charge in [0.15, 0.2) is 5.78 Å². The van der Waals surface area contributed by atoms with E-state index in [1.54, 1.807) is 28.8 Å². The van der Waals surface area contributed by atoms with Crippen LogP contribution in [0.5, 0.6) is 0 Å². The number of aromatic nitrogens is 2. The summed E-state index contributed by atoms with van der Waals surface area (Å²) in [6.07, 6.45) is 5.72. The molecule has 1 aromatic carbocycles. The molecule has 0 saturated heterocycles. The maximum Gasteiger partial charge on any atom is 0.240 e. The summed E-state index contributed by atoms with van der Waals surface area (Å²) in [6.45, 7) is 3.78. The van der Waals surface area contributed by atoms with Gasteiger partial charge in [-0.3, -0.25) is 14.4 Å². The first-order valence-electron chi connectivity index (χ1n) is 10.3. The summed E-state index contributed by atoms with van der Waals surface area (Å²) in [7, 11) is 0. The minimum Gasteiger partial charge on any atom is -0.352 e. The van der Waals surface area contributed by atoms with E-state index in [2.05, 4.69) is 10.3 Å². The number of benzene rings is 1. The molecular weight excluding hydrogens is 378 g/mol. The number of rotatable bonds is 5. The van der Waals surface area contributed by atoms with Gasteiger partial charge in [-0.2, -0.15) is 0 Å². The van der Waals surface area contributed by atoms with E-state index in [1.807, 2.05) is 26.0 Å². The van der Waals surface area contributed by atoms with Gasteiger partial charge < -0.3 is 9.88 Å². The molecule has 1 aliphatic rings. The lowest BCUT2D eigenvalue weighted by Crippen LogP contribution is -2.35. The summed E-state index contributed by atoms with van der Waals surface area (Å²) in [6, 6.07) is 10.7. The van der Waals surface area contributed by atoms with Crippen LogP contribution in [-0.4, -0.2) is 27.3 Å². The molecule has 3 aromatic rings. The fourth-order valence-corrected chi connectivity index (χ4v) is 4.00. The van der Waals surface area contributed by atoms with Crippen molar-refractivity contribution < 1.29 is 9.59 Å². The van der Waals surface area contributed by atoms with Gasteiger partial charge in [-0.25, -0.2) is 4.98 Å². The van der Waals surface area contributed by atoms with E-state index in [1.165, 1.54) is 6.20 Å². The zero-order valence-electron chi connectivity index (χ0n) is 17.3. The van der Waals surface area contributed by atoms with Gasteiger partial charge in [0.25, 0.3) is 0 Å². The van der Waals surface area contributed by atoms with Crippen LogP contribution in [0.15, 0.2) is 47.4 Å². The molecular formula is C24H25N3O3. The van der Waals surface area contributed by atoms with Gasteiger partial charge in [0, 0.05) is 23.5 Å². The number of amides is 1. The van der Waals surface area contributed by atoms with Gasteiger partial charge in [0.1, 0.15) is 12.2 Å². The average Bonchev–Trinajstić information content (AvgIpc) is 3.23. The fourth-order valence-electron chi connectivity index (χ4n) is 4.00. The van der Waals surface area contributed by atoms with Crippen LogP contribution in [0.2, 0.25) is 0 Å². The molecule has 154 valence electrons. The molecule has 0 aliphatic heterocycles. The summed E-state index contributed by atoms with van der Waals surface area (Å²) in [5.74, 6) is -0.490. The molecule has 1 saturated carbocycles. The Labute approximate surface area is 174 Å². The van der Waals surface area contributed by atoms with Crippen LogP contribution < -0.4 is 10.7 Å². The Bertz CT molecular complexity index is 1170. The molecule has 1 aliphatic carbocycles. The highest BCUT2D eigenvalue weighted by Crippen LogP contribution is 2.18. The molecule has 1 amide bonds. The van der Waals surface area contributed by atoms with Crippen LogP contribution in [0.1, 0.15) is 52.9 Å². The number of nitrogens with one attached hydrogen (secondary N) is 1. The Hall–Kier alpha value is -3.28. The molecule has 0 radical (unpaired) electrons. The molecule has 6 nitrogen and oxygen atoms in total. The number of carbonyl (C=O) groups excluding carboxylic acids is 2. The number of carbonyl (C=O) groups is 2. The monoisotopic (exact) mass is 403 g/mol. The number of hydrogen-bond acceptors (Lipinski definition) is 4. The first-order valence-corrected chi connectivity index (χ1v) is 10.3. The Kier molecular flexibility index (Phi) is 5.48. The summed E-state index contributed by atoms with van der Waals surface area (Å²) in [5, 5.41) is 3.40. The Morgan fingerprint density at radius 1 is 1.07 bits per heavy atom. The molecule has 0 atom stereocenters. The molecule has 1 fully saturated rings. The third-order valence-electron chi connectivity index (χ3n) is 5.65. The van der Waals surface area contributed by atoms with Crippen LogP contribution in [0.4, 0.5) is 0 Å². The van der Waals surface area contributed by atoms with Crippen molar-refractivity contribution in [1.82, 2.24) is 14.9 Å². The van der Waals surface area contributed by atoms with Gasteiger partial charge in [0.05, 0.1) is 10.9 Å². The number of pyridine rings is 2. The molecule has 1 N–H and O–H groups in total. The Morgan fingerprint density at radius 2 is 1.77 bits per heavy atom. The van der Waals surface area contributed by atoms with E-state index in [9.17, 15) is 14.4 Å². The van der Waals surface area contributed by atoms with Crippen molar-refractivity contribution in [2.24, 2.45) is 0 Å². The SMILES string of the molecule is Cc1ccc(C(=O)c2cn(CC(=O)NC3CCCC3)c3nc(C)ccc3c2=O)cc1. The van der Waals surface area contributed by atoms with Crippen LogP contribution >= 0.6 is 0 Å². The van der Waals surface area contributed by atoms with E-state index >= 15 is 0 Å². The fraction of sp³-hybridized carbons (Fsp3) is 0.333. The first kappa shape index (κ1) is 20.0. The molecule has 2 heterocycles. The molecule has 4 rings (SSSR count). The number of aryl methyl sites for hydroxylation is 2. The summed E-state index contributed by atoms with van der Waals surface area (Å²) in [5.41, 5.74) is 2.32. The van der Waals surface area contributed by atoms with Crippen LogP contribution in [0.3, 0.4) is 0 Å². The molecule has 0 spiro atoms. The highest BCUT2D eigenvalue weighted by atomic mass is 16.2. The number of fused-ring (bicyclic) bond motifs is 1. The van der Waals surface area contributed by atoms with Gasteiger partial charge in [0.2, 0.25) is 11.3 Å². The molecule has 6 heteroatoms. The van der Waals surface area contributed by atoms with Crippen molar-refractivity contribution in [3.05, 3.63) is 75.2 Å². The molecule has 0 bridgehead atoms. The Balaban J connectivity index is 1.75. The topological polar surface area (TPSA) is 81.1 Å². The van der Waals surface area contributed by atoms with Gasteiger partial charge in [-0.05, 0) is 38.8 Å². The second-order valence-corrected chi connectivity index (χ2v) is 8.07. The minimum absolute atomic E-state index is 0.0118. The van der Waals surface area contributed by atoms with Gasteiger partial charge in [-0.15, -0.1) is 0 Å².